The Hall–Kier alpha value is -3.63. The average Bonchev–Trinajstić information content (AvgIpc) is 3.47. The summed E-state index contributed by atoms with van der Waals surface area (Å²) in [7, 11) is 0. The molecule has 0 N–H and O–H groups in total. The Morgan fingerprint density at radius 2 is 2.00 bits per heavy atom. The van der Waals surface area contributed by atoms with Crippen molar-refractivity contribution in [1.29, 1.82) is 0 Å². The first kappa shape index (κ1) is 27.0. The van der Waals surface area contributed by atoms with E-state index in [0.29, 0.717) is 17.2 Å². The summed E-state index contributed by atoms with van der Waals surface area (Å²) in [4.78, 5) is 49.5. The smallest absolute Gasteiger partial charge is 0.423 e. The summed E-state index contributed by atoms with van der Waals surface area (Å²) in [6.45, 7) is 2.78. The Balaban J connectivity index is 2.01. The molecule has 3 heterocycles. The number of aromatic nitrogens is 2. The van der Waals surface area contributed by atoms with E-state index in [9.17, 15) is 32.3 Å². The largest absolute Gasteiger partial charge is 0.463 e. The molecule has 10 nitrogen and oxygen atoms in total. The maximum Gasteiger partial charge on any atom is 0.423 e. The summed E-state index contributed by atoms with van der Waals surface area (Å²) in [5, 5.41) is 0. The van der Waals surface area contributed by atoms with Crippen LogP contribution in [0.3, 0.4) is 0 Å². The van der Waals surface area contributed by atoms with E-state index in [-0.39, 0.29) is 24.2 Å². The lowest BCUT2D eigenvalue weighted by Gasteiger charge is -2.19. The lowest BCUT2D eigenvalue weighted by Crippen LogP contribution is -2.47. The van der Waals surface area contributed by atoms with Crippen molar-refractivity contribution in [2.45, 2.75) is 57.7 Å². The van der Waals surface area contributed by atoms with Crippen LogP contribution in [0.1, 0.15) is 55.5 Å². The number of rotatable bonds is 7. The Morgan fingerprint density at radius 3 is 2.61 bits per heavy atom. The number of ether oxygens (including phenoxy) is 3. The first-order valence-electron chi connectivity index (χ1n) is 10.9. The minimum absolute atomic E-state index is 0.0313. The number of carbonyl (C=O) groups excluding carboxylic acids is 2. The normalized spacial score (nSPS) is 19.5. The predicted molar refractivity (Wildman–Crippen MR) is 116 cm³/mol. The molecular weight excluding hydrogens is 489 g/mol. The third-order valence-corrected chi connectivity index (χ3v) is 5.17. The van der Waals surface area contributed by atoms with Crippen molar-refractivity contribution in [2.75, 3.05) is 13.2 Å². The van der Waals surface area contributed by atoms with Gasteiger partial charge in [0.1, 0.15) is 31.1 Å². The molecule has 0 bridgehead atoms. The number of furan rings is 1. The molecule has 36 heavy (non-hydrogen) atoms. The quantitative estimate of drug-likeness (QED) is 0.410. The van der Waals surface area contributed by atoms with Crippen molar-refractivity contribution in [1.82, 2.24) is 9.13 Å². The van der Waals surface area contributed by atoms with Crippen LogP contribution in [0.5, 0.6) is 0 Å². The molecule has 1 saturated heterocycles. The fraction of sp³-hybridized carbons (Fsp3) is 0.478. The summed E-state index contributed by atoms with van der Waals surface area (Å²) in [6, 6.07) is 2.37. The molecule has 0 amide bonds. The van der Waals surface area contributed by atoms with Crippen LogP contribution in [-0.4, -0.2) is 46.4 Å². The number of esters is 1. The zero-order valence-corrected chi connectivity index (χ0v) is 19.4. The van der Waals surface area contributed by atoms with Gasteiger partial charge in [0.2, 0.25) is 0 Å². The molecule has 2 aromatic rings. The second-order valence-corrected chi connectivity index (χ2v) is 7.77. The molecule has 1 aliphatic heterocycles. The molecule has 0 aromatic carbocycles. The van der Waals surface area contributed by atoms with Gasteiger partial charge in [-0.2, -0.15) is 17.7 Å². The van der Waals surface area contributed by atoms with Crippen LogP contribution in [0.2, 0.25) is 0 Å². The van der Waals surface area contributed by atoms with Crippen LogP contribution in [0.15, 0.2) is 38.6 Å². The SMILES string of the molecule is CCCC#CCO[C@H]1C[C@H](n2cc(C(F)(F)F)c(=O)n(C(=O)c3ccco3)c2=O)O[C@@H]1COC(C)=O. The van der Waals surface area contributed by atoms with Crippen molar-refractivity contribution in [2.24, 2.45) is 0 Å². The van der Waals surface area contributed by atoms with Gasteiger partial charge in [-0.1, -0.05) is 12.8 Å². The lowest BCUT2D eigenvalue weighted by molar-refractivity contribution is -0.148. The third-order valence-electron chi connectivity index (χ3n) is 5.17. The molecule has 3 rings (SSSR count). The van der Waals surface area contributed by atoms with Crippen LogP contribution in [0.4, 0.5) is 13.2 Å². The first-order valence-corrected chi connectivity index (χ1v) is 10.9. The van der Waals surface area contributed by atoms with Crippen molar-refractivity contribution in [3.05, 3.63) is 56.8 Å². The molecule has 3 atom stereocenters. The minimum Gasteiger partial charge on any atom is -0.463 e. The maximum absolute atomic E-state index is 13.7. The number of hydrogen-bond donors (Lipinski definition) is 0. The Labute approximate surface area is 202 Å². The van der Waals surface area contributed by atoms with Gasteiger partial charge in [-0.15, -0.1) is 5.92 Å². The molecule has 1 aliphatic rings. The highest BCUT2D eigenvalue weighted by atomic mass is 19.4. The Morgan fingerprint density at radius 1 is 1.25 bits per heavy atom. The highest BCUT2D eigenvalue weighted by Gasteiger charge is 2.42. The van der Waals surface area contributed by atoms with E-state index in [1.165, 1.54) is 6.07 Å². The van der Waals surface area contributed by atoms with Gasteiger partial charge in [-0.25, -0.2) is 4.79 Å². The highest BCUT2D eigenvalue weighted by Crippen LogP contribution is 2.32. The monoisotopic (exact) mass is 512 g/mol. The zero-order valence-electron chi connectivity index (χ0n) is 19.4. The molecule has 0 radical (unpaired) electrons. The predicted octanol–water partition coefficient (Wildman–Crippen LogP) is 2.35. The van der Waals surface area contributed by atoms with Gasteiger partial charge in [0.15, 0.2) is 5.76 Å². The number of hydrogen-bond acceptors (Lipinski definition) is 8. The summed E-state index contributed by atoms with van der Waals surface area (Å²) in [6.07, 6.45) is -5.61. The molecule has 0 unspecified atom stereocenters. The van der Waals surface area contributed by atoms with Crippen LogP contribution in [0, 0.1) is 11.8 Å². The van der Waals surface area contributed by atoms with Gasteiger partial charge in [0.05, 0.1) is 12.4 Å². The van der Waals surface area contributed by atoms with Gasteiger partial charge in [0.25, 0.3) is 5.56 Å². The molecular formula is C23H23F3N2O8. The summed E-state index contributed by atoms with van der Waals surface area (Å²) >= 11 is 0. The van der Waals surface area contributed by atoms with Gasteiger partial charge >= 0.3 is 23.7 Å². The van der Waals surface area contributed by atoms with E-state index in [1.54, 1.807) is 0 Å². The number of alkyl halides is 3. The van der Waals surface area contributed by atoms with Gasteiger partial charge in [-0.05, 0) is 18.6 Å². The van der Waals surface area contributed by atoms with E-state index in [1.807, 2.05) is 6.92 Å². The van der Waals surface area contributed by atoms with Crippen LogP contribution in [0.25, 0.3) is 0 Å². The summed E-state index contributed by atoms with van der Waals surface area (Å²) < 4.78 is 62.5. The van der Waals surface area contributed by atoms with Crippen LogP contribution < -0.4 is 11.2 Å². The average molecular weight is 512 g/mol. The number of unbranched alkanes of at least 4 members (excludes halogenated alkanes) is 1. The second-order valence-electron chi connectivity index (χ2n) is 7.77. The number of halogens is 3. The third kappa shape index (κ3) is 6.13. The zero-order chi connectivity index (χ0) is 26.5. The molecule has 194 valence electrons. The summed E-state index contributed by atoms with van der Waals surface area (Å²) in [5.41, 5.74) is -4.97. The summed E-state index contributed by atoms with van der Waals surface area (Å²) in [5.74, 6) is 3.15. The standard InChI is InChI=1S/C23H23F3N2O8/c1-3-4-5-6-9-34-17-11-19(36-18(17)13-35-14(2)29)27-12-15(23(24,25)26)20(30)28(22(27)32)21(31)16-8-7-10-33-16/h7-8,10,12,17-19H,3-4,9,11,13H2,1-2H3/t17-,18+,19+/m0/s1. The van der Waals surface area contributed by atoms with Crippen molar-refractivity contribution < 1.29 is 41.4 Å². The van der Waals surface area contributed by atoms with Crippen molar-refractivity contribution in [3.8, 4) is 11.8 Å². The van der Waals surface area contributed by atoms with Crippen molar-refractivity contribution in [3.63, 3.8) is 0 Å². The van der Waals surface area contributed by atoms with E-state index < -0.39 is 59.1 Å². The highest BCUT2D eigenvalue weighted by molar-refractivity contribution is 5.93. The molecule has 2 aromatic heterocycles. The van der Waals surface area contributed by atoms with E-state index in [2.05, 4.69) is 11.8 Å². The fourth-order valence-electron chi connectivity index (χ4n) is 3.47. The maximum atomic E-state index is 13.7. The molecule has 0 aliphatic carbocycles. The molecule has 13 heteroatoms. The van der Waals surface area contributed by atoms with E-state index in [4.69, 9.17) is 18.6 Å². The number of carbonyl (C=O) groups is 2. The topological polar surface area (TPSA) is 119 Å². The van der Waals surface area contributed by atoms with Gasteiger partial charge < -0.3 is 18.6 Å². The molecule has 0 saturated carbocycles. The Kier molecular flexibility index (Phi) is 8.54. The van der Waals surface area contributed by atoms with Crippen molar-refractivity contribution >= 4 is 11.9 Å². The van der Waals surface area contributed by atoms with E-state index >= 15 is 0 Å². The molecule has 1 fully saturated rings. The number of nitrogens with zero attached hydrogens (tertiary/aromatic N) is 2. The lowest BCUT2D eigenvalue weighted by atomic mass is 10.2. The Bertz CT molecular complexity index is 1270. The van der Waals surface area contributed by atoms with E-state index in [0.717, 1.165) is 25.7 Å². The molecule has 0 spiro atoms. The second kappa shape index (κ2) is 11.4. The first-order chi connectivity index (χ1) is 17.0. The fourth-order valence-corrected chi connectivity index (χ4v) is 3.47. The van der Waals surface area contributed by atoms with Gasteiger partial charge in [-0.3, -0.25) is 19.0 Å². The minimum atomic E-state index is -5.18. The van der Waals surface area contributed by atoms with Crippen LogP contribution in [-0.2, 0) is 25.2 Å². The van der Waals surface area contributed by atoms with Gasteiger partial charge in [0, 0.05) is 26.0 Å². The van der Waals surface area contributed by atoms with Crippen LogP contribution >= 0.6 is 0 Å².